The van der Waals surface area contributed by atoms with Gasteiger partial charge in [-0.1, -0.05) is 12.1 Å². The summed E-state index contributed by atoms with van der Waals surface area (Å²) >= 11 is 0. The summed E-state index contributed by atoms with van der Waals surface area (Å²) < 4.78 is 10.3. The van der Waals surface area contributed by atoms with Crippen molar-refractivity contribution in [2.45, 2.75) is 26.3 Å². The maximum atomic E-state index is 11.8. The molecule has 1 saturated heterocycles. The highest BCUT2D eigenvalue weighted by Crippen LogP contribution is 2.20. The summed E-state index contributed by atoms with van der Waals surface area (Å²) in [5, 5.41) is 0. The third-order valence-electron chi connectivity index (χ3n) is 3.69. The van der Waals surface area contributed by atoms with Crippen molar-refractivity contribution in [3.8, 4) is 5.75 Å². The lowest BCUT2D eigenvalue weighted by atomic mass is 9.98. The minimum atomic E-state index is -0.0491. The van der Waals surface area contributed by atoms with E-state index in [1.165, 1.54) is 5.56 Å². The number of nitrogens with zero attached hydrogens (tertiary/aromatic N) is 1. The zero-order valence-electron chi connectivity index (χ0n) is 12.3. The second kappa shape index (κ2) is 7.29. The van der Waals surface area contributed by atoms with E-state index in [2.05, 4.69) is 17.0 Å². The van der Waals surface area contributed by atoms with Gasteiger partial charge in [-0.15, -0.1) is 0 Å². The number of carbonyl (C=O) groups is 1. The van der Waals surface area contributed by atoms with Crippen LogP contribution in [0.3, 0.4) is 0 Å². The molecule has 1 aromatic rings. The van der Waals surface area contributed by atoms with Gasteiger partial charge in [-0.25, -0.2) is 0 Å². The number of benzene rings is 1. The summed E-state index contributed by atoms with van der Waals surface area (Å²) in [6, 6.07) is 8.10. The van der Waals surface area contributed by atoms with Crippen LogP contribution < -0.4 is 4.74 Å². The van der Waals surface area contributed by atoms with Gasteiger partial charge in [0.25, 0.3) is 0 Å². The molecule has 110 valence electrons. The lowest BCUT2D eigenvalue weighted by Crippen LogP contribution is -2.38. The van der Waals surface area contributed by atoms with Gasteiger partial charge in [0.1, 0.15) is 5.75 Å². The number of carbonyl (C=O) groups excluding carboxylic acids is 1. The van der Waals surface area contributed by atoms with Gasteiger partial charge in [0.2, 0.25) is 0 Å². The largest absolute Gasteiger partial charge is 0.497 e. The number of likely N-dealkylation sites (tertiary alicyclic amines) is 1. The molecular weight excluding hydrogens is 254 g/mol. The maximum absolute atomic E-state index is 11.8. The Hall–Kier alpha value is -1.55. The quantitative estimate of drug-likeness (QED) is 0.775. The molecule has 0 aromatic heterocycles. The van der Waals surface area contributed by atoms with Gasteiger partial charge < -0.3 is 9.47 Å². The Morgan fingerprint density at radius 2 is 2.10 bits per heavy atom. The van der Waals surface area contributed by atoms with Crippen LogP contribution in [-0.4, -0.2) is 37.7 Å². The average molecular weight is 277 g/mol. The van der Waals surface area contributed by atoms with Crippen LogP contribution in [0.4, 0.5) is 0 Å². The summed E-state index contributed by atoms with van der Waals surface area (Å²) in [7, 11) is 1.67. The van der Waals surface area contributed by atoms with Crippen LogP contribution in [0.1, 0.15) is 25.3 Å². The molecule has 1 aliphatic rings. The highest BCUT2D eigenvalue weighted by atomic mass is 16.5. The highest BCUT2D eigenvalue weighted by Gasteiger charge is 2.26. The minimum Gasteiger partial charge on any atom is -0.497 e. The maximum Gasteiger partial charge on any atom is 0.310 e. The van der Waals surface area contributed by atoms with E-state index >= 15 is 0 Å². The molecule has 2 rings (SSSR count). The van der Waals surface area contributed by atoms with Crippen molar-refractivity contribution < 1.29 is 14.3 Å². The second-order valence-corrected chi connectivity index (χ2v) is 5.17. The van der Waals surface area contributed by atoms with Crippen molar-refractivity contribution in [3.63, 3.8) is 0 Å². The van der Waals surface area contributed by atoms with Crippen molar-refractivity contribution in [2.24, 2.45) is 5.92 Å². The van der Waals surface area contributed by atoms with E-state index in [1.54, 1.807) is 7.11 Å². The Kier molecular flexibility index (Phi) is 5.41. The lowest BCUT2D eigenvalue weighted by molar-refractivity contribution is -0.150. The Bertz CT molecular complexity index is 430. The third kappa shape index (κ3) is 3.97. The SMILES string of the molecule is CCOC(=O)[C@@H]1CCCN(Cc2ccc(OC)cc2)C1. The first-order valence-electron chi connectivity index (χ1n) is 7.25. The van der Waals surface area contributed by atoms with E-state index in [0.717, 1.165) is 38.2 Å². The Morgan fingerprint density at radius 1 is 1.35 bits per heavy atom. The smallest absolute Gasteiger partial charge is 0.310 e. The fourth-order valence-electron chi connectivity index (χ4n) is 2.64. The van der Waals surface area contributed by atoms with E-state index in [0.29, 0.717) is 6.61 Å². The molecule has 1 aliphatic heterocycles. The molecule has 0 aliphatic carbocycles. The first kappa shape index (κ1) is 14.9. The molecule has 0 amide bonds. The second-order valence-electron chi connectivity index (χ2n) is 5.17. The van der Waals surface area contributed by atoms with E-state index in [1.807, 2.05) is 19.1 Å². The Labute approximate surface area is 120 Å². The Morgan fingerprint density at radius 3 is 2.75 bits per heavy atom. The van der Waals surface area contributed by atoms with Crippen LogP contribution >= 0.6 is 0 Å². The number of ether oxygens (including phenoxy) is 2. The number of rotatable bonds is 5. The molecule has 0 unspecified atom stereocenters. The standard InChI is InChI=1S/C16H23NO3/c1-3-20-16(18)14-5-4-10-17(12-14)11-13-6-8-15(19-2)9-7-13/h6-9,14H,3-5,10-12H2,1-2H3/t14-/m1/s1. The summed E-state index contributed by atoms with van der Waals surface area (Å²) in [4.78, 5) is 14.1. The van der Waals surface area contributed by atoms with Gasteiger partial charge >= 0.3 is 5.97 Å². The number of hydrogen-bond acceptors (Lipinski definition) is 4. The van der Waals surface area contributed by atoms with Crippen LogP contribution in [0.2, 0.25) is 0 Å². The van der Waals surface area contributed by atoms with Gasteiger partial charge in [-0.05, 0) is 44.0 Å². The predicted octanol–water partition coefficient (Wildman–Crippen LogP) is 2.47. The number of piperidine rings is 1. The molecule has 0 N–H and O–H groups in total. The van der Waals surface area contributed by atoms with E-state index in [4.69, 9.17) is 9.47 Å². The van der Waals surface area contributed by atoms with E-state index in [-0.39, 0.29) is 11.9 Å². The molecule has 0 radical (unpaired) electrons. The molecule has 4 heteroatoms. The van der Waals surface area contributed by atoms with Crippen LogP contribution in [0.5, 0.6) is 5.75 Å². The molecule has 1 atom stereocenters. The fourth-order valence-corrected chi connectivity index (χ4v) is 2.64. The third-order valence-corrected chi connectivity index (χ3v) is 3.69. The number of hydrogen-bond donors (Lipinski definition) is 0. The molecule has 4 nitrogen and oxygen atoms in total. The summed E-state index contributed by atoms with van der Waals surface area (Å²) in [6.45, 7) is 5.04. The van der Waals surface area contributed by atoms with Gasteiger partial charge in [0.05, 0.1) is 19.6 Å². The molecule has 1 aromatic carbocycles. The van der Waals surface area contributed by atoms with Crippen molar-refractivity contribution in [3.05, 3.63) is 29.8 Å². The van der Waals surface area contributed by atoms with Gasteiger partial charge in [0, 0.05) is 13.1 Å². The molecule has 0 bridgehead atoms. The van der Waals surface area contributed by atoms with Crippen molar-refractivity contribution in [1.82, 2.24) is 4.90 Å². The molecule has 1 heterocycles. The van der Waals surface area contributed by atoms with Gasteiger partial charge in [0.15, 0.2) is 0 Å². The van der Waals surface area contributed by atoms with Crippen LogP contribution in [0.25, 0.3) is 0 Å². The number of esters is 1. The van der Waals surface area contributed by atoms with Crippen molar-refractivity contribution in [2.75, 3.05) is 26.8 Å². The predicted molar refractivity (Wildman–Crippen MR) is 77.6 cm³/mol. The first-order valence-corrected chi connectivity index (χ1v) is 7.25. The van der Waals surface area contributed by atoms with Crippen molar-refractivity contribution in [1.29, 1.82) is 0 Å². The summed E-state index contributed by atoms with van der Waals surface area (Å²) in [5.74, 6) is 0.852. The lowest BCUT2D eigenvalue weighted by Gasteiger charge is -2.31. The fraction of sp³-hybridized carbons (Fsp3) is 0.562. The zero-order chi connectivity index (χ0) is 14.4. The minimum absolute atomic E-state index is 0.0296. The molecule has 20 heavy (non-hydrogen) atoms. The molecule has 1 fully saturated rings. The van der Waals surface area contributed by atoms with Gasteiger partial charge in [-0.3, -0.25) is 9.69 Å². The molecular formula is C16H23NO3. The first-order chi connectivity index (χ1) is 9.72. The van der Waals surface area contributed by atoms with E-state index < -0.39 is 0 Å². The topological polar surface area (TPSA) is 38.8 Å². The van der Waals surface area contributed by atoms with E-state index in [9.17, 15) is 4.79 Å². The van der Waals surface area contributed by atoms with Crippen molar-refractivity contribution >= 4 is 5.97 Å². The van der Waals surface area contributed by atoms with Crippen LogP contribution in [-0.2, 0) is 16.1 Å². The summed E-state index contributed by atoms with van der Waals surface area (Å²) in [6.07, 6.45) is 2.00. The summed E-state index contributed by atoms with van der Waals surface area (Å²) in [5.41, 5.74) is 1.25. The zero-order valence-corrected chi connectivity index (χ0v) is 12.3. The normalized spacial score (nSPS) is 19.6. The Balaban J connectivity index is 1.90. The molecule has 0 spiro atoms. The van der Waals surface area contributed by atoms with Gasteiger partial charge in [-0.2, -0.15) is 0 Å². The number of methoxy groups -OCH3 is 1. The van der Waals surface area contributed by atoms with Crippen LogP contribution in [0.15, 0.2) is 24.3 Å². The highest BCUT2D eigenvalue weighted by molar-refractivity contribution is 5.72. The molecule has 0 saturated carbocycles. The van der Waals surface area contributed by atoms with Crippen LogP contribution in [0, 0.1) is 5.92 Å². The monoisotopic (exact) mass is 277 g/mol. The average Bonchev–Trinajstić information content (AvgIpc) is 2.48.